The predicted octanol–water partition coefficient (Wildman–Crippen LogP) is 2.37. The first-order valence-corrected chi connectivity index (χ1v) is 9.77. The van der Waals surface area contributed by atoms with E-state index in [1.165, 1.54) is 12.1 Å². The van der Waals surface area contributed by atoms with Crippen molar-refractivity contribution in [2.45, 2.75) is 10.9 Å². The van der Waals surface area contributed by atoms with E-state index in [2.05, 4.69) is 20.3 Å². The summed E-state index contributed by atoms with van der Waals surface area (Å²) in [5.41, 5.74) is 0.125. The van der Waals surface area contributed by atoms with Crippen molar-refractivity contribution >= 4 is 38.6 Å². The first-order valence-electron chi connectivity index (χ1n) is 7.97. The fraction of sp³-hybridized carbons (Fsp3) is 0.312. The number of benzene rings is 1. The molecule has 11 heteroatoms. The Morgan fingerprint density at radius 1 is 1.30 bits per heavy atom. The molecule has 144 valence electrons. The number of nitrogens with one attached hydrogen (secondary N) is 2. The minimum Gasteiger partial charge on any atom is -0.394 e. The quantitative estimate of drug-likeness (QED) is 0.281. The molecular formula is C16H16F2N4O3S2. The van der Waals surface area contributed by atoms with E-state index in [4.69, 9.17) is 9.84 Å². The minimum absolute atomic E-state index is 0.0413. The van der Waals surface area contributed by atoms with Crippen LogP contribution in [-0.2, 0) is 10.5 Å². The number of hydrogen-bond acceptors (Lipinski definition) is 8. The molecule has 7 nitrogen and oxygen atoms in total. The van der Waals surface area contributed by atoms with E-state index in [1.54, 1.807) is 0 Å². The average Bonchev–Trinajstić information content (AvgIpc) is 3.06. The molecule has 27 heavy (non-hydrogen) atoms. The number of H-pyrrole nitrogens is 1. The van der Waals surface area contributed by atoms with Crippen LogP contribution in [0, 0.1) is 11.6 Å². The number of anilines is 1. The van der Waals surface area contributed by atoms with Gasteiger partial charge in [0, 0.05) is 17.9 Å². The molecule has 0 aliphatic carbocycles. The van der Waals surface area contributed by atoms with Crippen LogP contribution in [0.3, 0.4) is 0 Å². The Hall–Kier alpha value is -2.08. The zero-order chi connectivity index (χ0) is 19.2. The van der Waals surface area contributed by atoms with Crippen molar-refractivity contribution in [3.8, 4) is 0 Å². The van der Waals surface area contributed by atoms with Gasteiger partial charge < -0.3 is 20.1 Å². The Morgan fingerprint density at radius 3 is 2.96 bits per heavy atom. The normalized spacial score (nSPS) is 11.2. The minimum atomic E-state index is -0.914. The van der Waals surface area contributed by atoms with Gasteiger partial charge >= 0.3 is 0 Å². The molecule has 0 amide bonds. The summed E-state index contributed by atoms with van der Waals surface area (Å²) >= 11 is 2.25. The van der Waals surface area contributed by atoms with E-state index >= 15 is 0 Å². The number of ether oxygens (including phenoxy) is 1. The highest BCUT2D eigenvalue weighted by Crippen LogP contribution is 2.25. The van der Waals surface area contributed by atoms with Crippen LogP contribution in [0.25, 0.3) is 10.3 Å². The summed E-state index contributed by atoms with van der Waals surface area (Å²) in [6.45, 7) is 1.08. The maximum absolute atomic E-state index is 13.7. The Labute approximate surface area is 160 Å². The molecule has 3 N–H and O–H groups in total. The molecule has 3 aromatic rings. The first-order chi connectivity index (χ1) is 13.1. The zero-order valence-corrected chi connectivity index (χ0v) is 15.6. The molecule has 0 bridgehead atoms. The lowest BCUT2D eigenvalue weighted by atomic mass is 10.2. The van der Waals surface area contributed by atoms with E-state index in [9.17, 15) is 13.6 Å². The molecule has 0 radical (unpaired) electrons. The highest BCUT2D eigenvalue weighted by molar-refractivity contribution is 7.98. The zero-order valence-electron chi connectivity index (χ0n) is 14.0. The molecule has 0 aliphatic heterocycles. The van der Waals surface area contributed by atoms with Crippen LogP contribution in [0.2, 0.25) is 0 Å². The van der Waals surface area contributed by atoms with Crippen LogP contribution in [0.1, 0.15) is 5.56 Å². The standard InChI is InChI=1S/C16H16F2N4O3S2/c17-10-3-1-2-9(11(10)18)8-26-16-21-13-12(14(24)22-16)27-15(20-13)19-4-6-25-7-5-23/h1-3,23H,4-8H2,(H2,19,20,21,22,24). The topological polar surface area (TPSA) is 100 Å². The van der Waals surface area contributed by atoms with Gasteiger partial charge in [-0.2, -0.15) is 4.98 Å². The smallest absolute Gasteiger partial charge is 0.271 e. The number of fused-ring (bicyclic) bond motifs is 1. The van der Waals surface area contributed by atoms with Gasteiger partial charge in [-0.05, 0) is 6.07 Å². The van der Waals surface area contributed by atoms with E-state index in [0.29, 0.717) is 23.0 Å². The summed E-state index contributed by atoms with van der Waals surface area (Å²) in [5.74, 6) is -1.70. The molecule has 1 aromatic carbocycles. The second-order valence-corrected chi connectivity index (χ2v) is 7.27. The summed E-state index contributed by atoms with van der Waals surface area (Å²) < 4.78 is 32.5. The van der Waals surface area contributed by atoms with Crippen molar-refractivity contribution in [1.29, 1.82) is 0 Å². The fourth-order valence-electron chi connectivity index (χ4n) is 2.16. The molecular weight excluding hydrogens is 398 g/mol. The summed E-state index contributed by atoms with van der Waals surface area (Å²) in [5, 5.41) is 12.5. The molecule has 3 rings (SSSR count). The van der Waals surface area contributed by atoms with Crippen LogP contribution in [0.5, 0.6) is 0 Å². The lowest BCUT2D eigenvalue weighted by Gasteiger charge is -2.03. The lowest BCUT2D eigenvalue weighted by Crippen LogP contribution is -2.11. The third kappa shape index (κ3) is 5.01. The third-order valence-corrected chi connectivity index (χ3v) is 5.32. The Balaban J connectivity index is 1.68. The molecule has 0 fully saturated rings. The number of aromatic amines is 1. The Morgan fingerprint density at radius 2 is 2.15 bits per heavy atom. The molecule has 0 unspecified atom stereocenters. The van der Waals surface area contributed by atoms with Crippen LogP contribution in [0.4, 0.5) is 13.9 Å². The largest absolute Gasteiger partial charge is 0.394 e. The molecule has 2 heterocycles. The molecule has 2 aromatic heterocycles. The molecule has 0 atom stereocenters. The second kappa shape index (κ2) is 9.22. The molecule has 0 saturated carbocycles. The van der Waals surface area contributed by atoms with Crippen molar-refractivity contribution in [2.75, 3.05) is 31.7 Å². The van der Waals surface area contributed by atoms with Crippen molar-refractivity contribution in [1.82, 2.24) is 15.0 Å². The second-order valence-electron chi connectivity index (χ2n) is 5.31. The number of nitrogens with zero attached hydrogens (tertiary/aromatic N) is 2. The van der Waals surface area contributed by atoms with Crippen molar-refractivity contribution < 1.29 is 18.6 Å². The highest BCUT2D eigenvalue weighted by Gasteiger charge is 2.13. The number of thioether (sulfide) groups is 1. The number of hydrogen-bond donors (Lipinski definition) is 3. The summed E-state index contributed by atoms with van der Waals surface area (Å²) in [6, 6.07) is 3.95. The number of thiazole rings is 1. The first kappa shape index (κ1) is 19.7. The van der Waals surface area contributed by atoms with Gasteiger partial charge in [0.25, 0.3) is 5.56 Å². The number of halogens is 2. The van der Waals surface area contributed by atoms with E-state index in [-0.39, 0.29) is 40.9 Å². The van der Waals surface area contributed by atoms with Crippen molar-refractivity contribution in [3.05, 3.63) is 45.8 Å². The molecule has 0 saturated heterocycles. The van der Waals surface area contributed by atoms with Crippen molar-refractivity contribution in [3.63, 3.8) is 0 Å². The van der Waals surface area contributed by atoms with Gasteiger partial charge in [-0.1, -0.05) is 35.2 Å². The van der Waals surface area contributed by atoms with Crippen LogP contribution in [-0.4, -0.2) is 46.4 Å². The summed E-state index contributed by atoms with van der Waals surface area (Å²) in [4.78, 5) is 23.4. The van der Waals surface area contributed by atoms with Crippen molar-refractivity contribution in [2.24, 2.45) is 0 Å². The van der Waals surface area contributed by atoms with E-state index in [1.807, 2.05) is 0 Å². The van der Waals surface area contributed by atoms with Gasteiger partial charge in [0.15, 0.2) is 27.6 Å². The van der Waals surface area contributed by atoms with Gasteiger partial charge in [0.2, 0.25) is 0 Å². The van der Waals surface area contributed by atoms with Gasteiger partial charge in [-0.15, -0.1) is 0 Å². The highest BCUT2D eigenvalue weighted by atomic mass is 32.2. The fourth-order valence-corrected chi connectivity index (χ4v) is 3.82. The van der Waals surface area contributed by atoms with Crippen LogP contribution >= 0.6 is 23.1 Å². The van der Waals surface area contributed by atoms with Gasteiger partial charge in [0.05, 0.1) is 19.8 Å². The number of aliphatic hydroxyl groups excluding tert-OH is 1. The monoisotopic (exact) mass is 414 g/mol. The van der Waals surface area contributed by atoms with Gasteiger partial charge in [0.1, 0.15) is 4.70 Å². The number of rotatable bonds is 9. The summed E-state index contributed by atoms with van der Waals surface area (Å²) in [7, 11) is 0. The van der Waals surface area contributed by atoms with Gasteiger partial charge in [-0.3, -0.25) is 4.79 Å². The Bertz CT molecular complexity index is 980. The number of aromatic nitrogens is 3. The van der Waals surface area contributed by atoms with Gasteiger partial charge in [-0.25, -0.2) is 13.8 Å². The number of aliphatic hydroxyl groups is 1. The predicted molar refractivity (Wildman–Crippen MR) is 100 cm³/mol. The lowest BCUT2D eigenvalue weighted by molar-refractivity contribution is 0.0992. The summed E-state index contributed by atoms with van der Waals surface area (Å²) in [6.07, 6.45) is 0. The van der Waals surface area contributed by atoms with Crippen LogP contribution in [0.15, 0.2) is 28.2 Å². The SMILES string of the molecule is O=c1[nH]c(SCc2cccc(F)c2F)nc2nc(NCCOCCO)sc12. The maximum Gasteiger partial charge on any atom is 0.271 e. The van der Waals surface area contributed by atoms with Crippen LogP contribution < -0.4 is 10.9 Å². The molecule has 0 aliphatic rings. The Kier molecular flexibility index (Phi) is 6.72. The third-order valence-electron chi connectivity index (χ3n) is 3.40. The van der Waals surface area contributed by atoms with E-state index in [0.717, 1.165) is 29.2 Å². The average molecular weight is 414 g/mol. The van der Waals surface area contributed by atoms with E-state index < -0.39 is 11.6 Å². The molecule has 0 spiro atoms. The maximum atomic E-state index is 13.7.